The lowest BCUT2D eigenvalue weighted by Crippen LogP contribution is -2.28. The second-order valence-electron chi connectivity index (χ2n) is 7.54. The Balaban J connectivity index is 1.58. The molecular weight excluding hydrogens is 366 g/mol. The Morgan fingerprint density at radius 2 is 1.82 bits per heavy atom. The highest BCUT2D eigenvalue weighted by molar-refractivity contribution is 7.99. The summed E-state index contributed by atoms with van der Waals surface area (Å²) in [5.74, 6) is 1.03. The van der Waals surface area contributed by atoms with Crippen molar-refractivity contribution >= 4 is 28.7 Å². The highest BCUT2D eigenvalue weighted by Crippen LogP contribution is 2.24. The van der Waals surface area contributed by atoms with Crippen molar-refractivity contribution in [3.8, 4) is 0 Å². The summed E-state index contributed by atoms with van der Waals surface area (Å²) >= 11 is 1.49. The normalized spacial score (nSPS) is 12.5. The number of carbonyl (C=O) groups excluding carboxylic acids is 1. The third-order valence-electron chi connectivity index (χ3n) is 4.77. The van der Waals surface area contributed by atoms with Gasteiger partial charge >= 0.3 is 0 Å². The van der Waals surface area contributed by atoms with E-state index in [0.29, 0.717) is 11.7 Å². The van der Waals surface area contributed by atoms with Gasteiger partial charge in [-0.2, -0.15) is 0 Å². The van der Waals surface area contributed by atoms with Gasteiger partial charge in [0.15, 0.2) is 5.16 Å². The highest BCUT2D eigenvalue weighted by atomic mass is 32.2. The molecule has 3 aromatic rings. The molecule has 0 fully saturated rings. The van der Waals surface area contributed by atoms with Crippen LogP contribution in [0.5, 0.6) is 0 Å². The van der Waals surface area contributed by atoms with Crippen LogP contribution in [0.2, 0.25) is 0 Å². The van der Waals surface area contributed by atoms with Gasteiger partial charge in [0.25, 0.3) is 0 Å². The lowest BCUT2D eigenvalue weighted by molar-refractivity contribution is -0.119. The van der Waals surface area contributed by atoms with E-state index in [1.165, 1.54) is 17.3 Å². The van der Waals surface area contributed by atoms with Crippen LogP contribution in [0.15, 0.2) is 53.7 Å². The third kappa shape index (κ3) is 4.96. The first kappa shape index (κ1) is 20.5. The number of nitrogens with one attached hydrogen (secondary N) is 1. The smallest absolute Gasteiger partial charge is 0.230 e. The molecule has 0 bridgehead atoms. The van der Waals surface area contributed by atoms with Crippen molar-refractivity contribution in [2.45, 2.75) is 51.9 Å². The fraction of sp³-hybridized carbons (Fsp3) is 0.391. The summed E-state index contributed by atoms with van der Waals surface area (Å²) in [5, 5.41) is 3.99. The van der Waals surface area contributed by atoms with Crippen molar-refractivity contribution in [2.75, 3.05) is 5.75 Å². The van der Waals surface area contributed by atoms with Crippen LogP contribution >= 0.6 is 11.8 Å². The average Bonchev–Trinajstić information content (AvgIpc) is 3.04. The van der Waals surface area contributed by atoms with Crippen molar-refractivity contribution in [1.29, 1.82) is 0 Å². The lowest BCUT2D eigenvalue weighted by Gasteiger charge is -2.15. The predicted octanol–water partition coefficient (Wildman–Crippen LogP) is 5.22. The van der Waals surface area contributed by atoms with Crippen LogP contribution in [0, 0.1) is 5.92 Å². The van der Waals surface area contributed by atoms with Gasteiger partial charge in [-0.15, -0.1) is 0 Å². The van der Waals surface area contributed by atoms with E-state index in [1.807, 2.05) is 25.1 Å². The Labute approximate surface area is 171 Å². The van der Waals surface area contributed by atoms with E-state index < -0.39 is 0 Å². The number of thioether (sulfide) groups is 1. The van der Waals surface area contributed by atoms with Gasteiger partial charge in [-0.1, -0.05) is 62.0 Å². The zero-order valence-electron chi connectivity index (χ0n) is 17.1. The minimum absolute atomic E-state index is 0.00816. The Kier molecular flexibility index (Phi) is 6.79. The maximum atomic E-state index is 12.5. The van der Waals surface area contributed by atoms with Crippen molar-refractivity contribution in [2.24, 2.45) is 5.92 Å². The second-order valence-corrected chi connectivity index (χ2v) is 8.49. The number of benzene rings is 2. The van der Waals surface area contributed by atoms with Gasteiger partial charge < -0.3 is 9.88 Å². The Morgan fingerprint density at radius 1 is 1.11 bits per heavy atom. The summed E-state index contributed by atoms with van der Waals surface area (Å²) in [6, 6.07) is 16.6. The van der Waals surface area contributed by atoms with Crippen molar-refractivity contribution in [3.63, 3.8) is 0 Å². The number of nitrogens with zero attached hydrogens (tertiary/aromatic N) is 2. The lowest BCUT2D eigenvalue weighted by atomic mass is 10.00. The molecule has 1 heterocycles. The van der Waals surface area contributed by atoms with Crippen LogP contribution in [-0.4, -0.2) is 21.2 Å². The molecule has 0 aliphatic rings. The Bertz CT molecular complexity index is 931. The van der Waals surface area contributed by atoms with Crippen molar-refractivity contribution in [3.05, 3.63) is 59.7 Å². The fourth-order valence-corrected chi connectivity index (χ4v) is 4.27. The van der Waals surface area contributed by atoms with E-state index in [2.05, 4.69) is 66.0 Å². The molecule has 0 aliphatic carbocycles. The Hall–Kier alpha value is -2.27. The van der Waals surface area contributed by atoms with E-state index in [0.717, 1.165) is 34.7 Å². The standard InChI is InChI=1S/C23H29N3OS/c1-5-26-21-9-7-6-8-20(21)25-23(26)28-15-22(27)24-17(4)19-12-10-18(11-13-19)14-16(2)3/h6-13,16-17H,5,14-15H2,1-4H3,(H,24,27)/t17-/m0/s1. The second kappa shape index (κ2) is 9.28. The number of fused-ring (bicyclic) bond motifs is 1. The summed E-state index contributed by atoms with van der Waals surface area (Å²) in [6.07, 6.45) is 1.08. The van der Waals surface area contributed by atoms with Gasteiger partial charge in [-0.05, 0) is 49.4 Å². The SMILES string of the molecule is CCn1c(SCC(=O)N[C@@H](C)c2ccc(CC(C)C)cc2)nc2ccccc21. The van der Waals surface area contributed by atoms with E-state index in [1.54, 1.807) is 0 Å². The van der Waals surface area contributed by atoms with Gasteiger partial charge in [0, 0.05) is 6.54 Å². The van der Waals surface area contributed by atoms with E-state index >= 15 is 0 Å². The highest BCUT2D eigenvalue weighted by Gasteiger charge is 2.14. The molecule has 28 heavy (non-hydrogen) atoms. The summed E-state index contributed by atoms with van der Waals surface area (Å²) in [4.78, 5) is 17.1. The van der Waals surface area contributed by atoms with Crippen LogP contribution in [-0.2, 0) is 17.8 Å². The number of carbonyl (C=O) groups is 1. The first-order valence-corrected chi connectivity index (χ1v) is 10.9. The van der Waals surface area contributed by atoms with Gasteiger partial charge in [-0.25, -0.2) is 4.98 Å². The Morgan fingerprint density at radius 3 is 2.50 bits per heavy atom. The molecule has 1 amide bonds. The molecule has 0 radical (unpaired) electrons. The number of hydrogen-bond donors (Lipinski definition) is 1. The molecule has 0 saturated heterocycles. The molecule has 0 saturated carbocycles. The summed E-state index contributed by atoms with van der Waals surface area (Å²) in [5.41, 5.74) is 4.56. The number of hydrogen-bond acceptors (Lipinski definition) is 3. The molecule has 1 N–H and O–H groups in total. The van der Waals surface area contributed by atoms with Crippen molar-refractivity contribution in [1.82, 2.24) is 14.9 Å². The van der Waals surface area contributed by atoms with Crippen LogP contribution < -0.4 is 5.32 Å². The van der Waals surface area contributed by atoms with Gasteiger partial charge in [0.2, 0.25) is 5.91 Å². The molecule has 0 unspecified atom stereocenters. The number of imidazole rings is 1. The third-order valence-corrected chi connectivity index (χ3v) is 5.75. The first-order chi connectivity index (χ1) is 13.5. The van der Waals surface area contributed by atoms with E-state index in [4.69, 9.17) is 0 Å². The monoisotopic (exact) mass is 395 g/mol. The summed E-state index contributed by atoms with van der Waals surface area (Å²) in [6.45, 7) is 9.41. The van der Waals surface area contributed by atoms with Crippen molar-refractivity contribution < 1.29 is 4.79 Å². The van der Waals surface area contributed by atoms with Gasteiger partial charge in [-0.3, -0.25) is 4.79 Å². The fourth-order valence-electron chi connectivity index (χ4n) is 3.38. The van der Waals surface area contributed by atoms with Gasteiger partial charge in [0.05, 0.1) is 22.8 Å². The quantitative estimate of drug-likeness (QED) is 0.532. The largest absolute Gasteiger partial charge is 0.349 e. The number of aryl methyl sites for hydroxylation is 1. The molecular formula is C23H29N3OS. The van der Waals surface area contributed by atoms with Crippen LogP contribution in [0.4, 0.5) is 0 Å². The van der Waals surface area contributed by atoms with Crippen LogP contribution in [0.3, 0.4) is 0 Å². The molecule has 1 aromatic heterocycles. The van der Waals surface area contributed by atoms with E-state index in [-0.39, 0.29) is 11.9 Å². The molecule has 148 valence electrons. The average molecular weight is 396 g/mol. The molecule has 2 aromatic carbocycles. The topological polar surface area (TPSA) is 46.9 Å². The zero-order chi connectivity index (χ0) is 20.1. The predicted molar refractivity (Wildman–Crippen MR) is 118 cm³/mol. The summed E-state index contributed by atoms with van der Waals surface area (Å²) in [7, 11) is 0. The maximum absolute atomic E-state index is 12.5. The molecule has 0 spiro atoms. The zero-order valence-corrected chi connectivity index (χ0v) is 17.9. The maximum Gasteiger partial charge on any atom is 0.230 e. The van der Waals surface area contributed by atoms with E-state index in [9.17, 15) is 4.79 Å². The number of aromatic nitrogens is 2. The number of rotatable bonds is 8. The van der Waals surface area contributed by atoms with Gasteiger partial charge in [0.1, 0.15) is 0 Å². The summed E-state index contributed by atoms with van der Waals surface area (Å²) < 4.78 is 2.16. The molecule has 0 aliphatic heterocycles. The first-order valence-electron chi connectivity index (χ1n) is 9.94. The minimum atomic E-state index is -0.00816. The van der Waals surface area contributed by atoms with Crippen LogP contribution in [0.25, 0.3) is 11.0 Å². The molecule has 5 heteroatoms. The van der Waals surface area contributed by atoms with Crippen LogP contribution in [0.1, 0.15) is 44.9 Å². The molecule has 1 atom stereocenters. The molecule has 4 nitrogen and oxygen atoms in total. The minimum Gasteiger partial charge on any atom is -0.349 e. The number of para-hydroxylation sites is 2. The number of amides is 1. The molecule has 3 rings (SSSR count).